The van der Waals surface area contributed by atoms with Gasteiger partial charge in [-0.25, -0.2) is 0 Å². The first-order valence-corrected chi connectivity index (χ1v) is 13.9. The quantitative estimate of drug-likeness (QED) is 0.169. The number of nitrogens with zero attached hydrogens (tertiary/aromatic N) is 1. The van der Waals surface area contributed by atoms with E-state index in [1.807, 2.05) is 85.8 Å². The van der Waals surface area contributed by atoms with Crippen molar-refractivity contribution in [1.29, 1.82) is 0 Å². The summed E-state index contributed by atoms with van der Waals surface area (Å²) >= 11 is 6.23. The van der Waals surface area contributed by atoms with Crippen molar-refractivity contribution in [2.45, 2.75) is 32.2 Å². The molecular weight excluding hydrogens is 538 g/mol. The predicted octanol–water partition coefficient (Wildman–Crippen LogP) is 7.45. The summed E-state index contributed by atoms with van der Waals surface area (Å²) in [4.78, 5) is 2.21. The molecule has 4 rings (SSSR count). The van der Waals surface area contributed by atoms with E-state index in [1.165, 1.54) is 0 Å². The molecule has 0 fully saturated rings. The van der Waals surface area contributed by atoms with Crippen molar-refractivity contribution in [2.24, 2.45) is 0 Å². The van der Waals surface area contributed by atoms with Crippen LogP contribution in [0.1, 0.15) is 41.3 Å². The van der Waals surface area contributed by atoms with Gasteiger partial charge >= 0.3 is 0 Å². The number of aliphatic hydroxyl groups excluding tert-OH is 1. The summed E-state index contributed by atoms with van der Waals surface area (Å²) in [5, 5.41) is 11.9. The maximum absolute atomic E-state index is 11.3. The molecule has 1 radical (unpaired) electrons. The molecular formula is C34H37ClNO5. The topological polar surface area (TPSA) is 60.4 Å². The molecule has 2 atom stereocenters. The molecule has 0 aromatic heterocycles. The smallest absolute Gasteiger partial charge is 0.161 e. The summed E-state index contributed by atoms with van der Waals surface area (Å²) in [6, 6.07) is 29.1. The Kier molecular flexibility index (Phi) is 10.9. The molecule has 0 saturated carbocycles. The van der Waals surface area contributed by atoms with Gasteiger partial charge in [-0.3, -0.25) is 4.90 Å². The second kappa shape index (κ2) is 14.8. The fraction of sp³-hybridized carbons (Fsp3) is 0.265. The fourth-order valence-electron chi connectivity index (χ4n) is 4.87. The van der Waals surface area contributed by atoms with E-state index in [2.05, 4.69) is 11.3 Å². The van der Waals surface area contributed by atoms with E-state index < -0.39 is 6.10 Å². The van der Waals surface area contributed by atoms with Crippen LogP contribution in [0.5, 0.6) is 23.0 Å². The van der Waals surface area contributed by atoms with Gasteiger partial charge in [0.1, 0.15) is 6.61 Å². The zero-order valence-electron chi connectivity index (χ0n) is 23.9. The Labute approximate surface area is 248 Å². The summed E-state index contributed by atoms with van der Waals surface area (Å²) in [6.45, 7) is 3.36. The molecule has 4 aromatic carbocycles. The van der Waals surface area contributed by atoms with Crippen LogP contribution in [0, 0.1) is 6.42 Å². The third-order valence-electron chi connectivity index (χ3n) is 6.95. The van der Waals surface area contributed by atoms with Crippen molar-refractivity contribution < 1.29 is 24.1 Å². The highest BCUT2D eigenvalue weighted by atomic mass is 35.5. The number of aliphatic hydroxyl groups is 1. The highest BCUT2D eigenvalue weighted by Gasteiger charge is 2.25. The number of benzene rings is 4. The number of methoxy groups -OCH3 is 3. The van der Waals surface area contributed by atoms with Gasteiger partial charge in [-0.1, -0.05) is 73.1 Å². The first kappa shape index (κ1) is 30.3. The number of ether oxygens (including phenoxy) is 4. The first-order valence-electron chi connectivity index (χ1n) is 13.5. The number of rotatable bonds is 14. The lowest BCUT2D eigenvalue weighted by Gasteiger charge is -2.33. The molecule has 0 aliphatic rings. The number of hydrogen-bond acceptors (Lipinski definition) is 6. The van der Waals surface area contributed by atoms with Crippen molar-refractivity contribution in [3.8, 4) is 23.0 Å². The van der Waals surface area contributed by atoms with Crippen LogP contribution in [0.4, 0.5) is 0 Å². The second-order valence-electron chi connectivity index (χ2n) is 9.65. The zero-order chi connectivity index (χ0) is 29.2. The molecule has 0 heterocycles. The Morgan fingerprint density at radius 3 is 2.12 bits per heavy atom. The Morgan fingerprint density at radius 2 is 1.44 bits per heavy atom. The van der Waals surface area contributed by atoms with Crippen LogP contribution in [0.25, 0.3) is 0 Å². The highest BCUT2D eigenvalue weighted by Crippen LogP contribution is 2.36. The van der Waals surface area contributed by atoms with Gasteiger partial charge in [0.05, 0.1) is 27.4 Å². The predicted molar refractivity (Wildman–Crippen MR) is 163 cm³/mol. The standard InChI is InChI=1S/C34H37ClNO5/c1-5-29(26-15-17-31(38-2)34(20-26)40-4)36(22-30(37)27-12-9-13-28(35)19-27)21-25-14-16-32(33(18-25)39-3)41-23-24-10-7-6-8-11-24/h5-20,29-30,37H,21-23H2,1-4H3/t29-,30?/m1/s1. The fourth-order valence-corrected chi connectivity index (χ4v) is 5.07. The third kappa shape index (κ3) is 7.94. The summed E-state index contributed by atoms with van der Waals surface area (Å²) in [7, 11) is 4.89. The molecule has 7 heteroatoms. The lowest BCUT2D eigenvalue weighted by Crippen LogP contribution is -2.32. The van der Waals surface area contributed by atoms with Crippen molar-refractivity contribution in [1.82, 2.24) is 4.90 Å². The van der Waals surface area contributed by atoms with Gasteiger partial charge < -0.3 is 24.1 Å². The SMILES string of the molecule is C[CH][C@H](c1ccc(OC)c(OC)c1)N(Cc1ccc(OCc2ccccc2)c(OC)c1)CC(O)c1cccc(Cl)c1. The van der Waals surface area contributed by atoms with Crippen molar-refractivity contribution >= 4 is 11.6 Å². The van der Waals surface area contributed by atoms with Gasteiger partial charge in [-0.05, 0) is 65.1 Å². The summed E-state index contributed by atoms with van der Waals surface area (Å²) < 4.78 is 22.8. The van der Waals surface area contributed by atoms with Crippen molar-refractivity contribution in [3.63, 3.8) is 0 Å². The average Bonchev–Trinajstić information content (AvgIpc) is 3.01. The molecule has 1 N–H and O–H groups in total. The van der Waals surface area contributed by atoms with E-state index in [0.29, 0.717) is 47.7 Å². The molecule has 0 spiro atoms. The first-order chi connectivity index (χ1) is 19.9. The molecule has 0 amide bonds. The largest absolute Gasteiger partial charge is 0.493 e. The second-order valence-corrected chi connectivity index (χ2v) is 10.1. The molecule has 0 aliphatic carbocycles. The number of halogens is 1. The van der Waals surface area contributed by atoms with Crippen LogP contribution in [-0.4, -0.2) is 37.9 Å². The molecule has 4 aromatic rings. The minimum Gasteiger partial charge on any atom is -0.493 e. The van der Waals surface area contributed by atoms with Gasteiger partial charge in [0, 0.05) is 24.2 Å². The Hall–Kier alpha value is -3.71. The molecule has 6 nitrogen and oxygen atoms in total. The van der Waals surface area contributed by atoms with Crippen LogP contribution < -0.4 is 18.9 Å². The molecule has 0 saturated heterocycles. The lowest BCUT2D eigenvalue weighted by molar-refractivity contribution is 0.0893. The van der Waals surface area contributed by atoms with Gasteiger partial charge in [0.2, 0.25) is 0 Å². The van der Waals surface area contributed by atoms with Crippen LogP contribution in [0.3, 0.4) is 0 Å². The third-order valence-corrected chi connectivity index (χ3v) is 7.19. The van der Waals surface area contributed by atoms with Gasteiger partial charge in [0.15, 0.2) is 23.0 Å². The van der Waals surface area contributed by atoms with E-state index >= 15 is 0 Å². The Bertz CT molecular complexity index is 1400. The van der Waals surface area contributed by atoms with E-state index in [-0.39, 0.29) is 6.04 Å². The highest BCUT2D eigenvalue weighted by molar-refractivity contribution is 6.30. The van der Waals surface area contributed by atoms with E-state index in [0.717, 1.165) is 22.3 Å². The van der Waals surface area contributed by atoms with Crippen LogP contribution in [0.15, 0.2) is 91.0 Å². The summed E-state index contributed by atoms with van der Waals surface area (Å²) in [5.74, 6) is 2.63. The molecule has 215 valence electrons. The molecule has 0 bridgehead atoms. The van der Waals surface area contributed by atoms with Crippen LogP contribution in [0.2, 0.25) is 5.02 Å². The van der Waals surface area contributed by atoms with Gasteiger partial charge in [0.25, 0.3) is 0 Å². The van der Waals surface area contributed by atoms with Crippen molar-refractivity contribution in [2.75, 3.05) is 27.9 Å². The lowest BCUT2D eigenvalue weighted by atomic mass is 9.99. The minimum absolute atomic E-state index is 0.136. The van der Waals surface area contributed by atoms with Crippen LogP contribution >= 0.6 is 11.6 Å². The monoisotopic (exact) mass is 574 g/mol. The van der Waals surface area contributed by atoms with Gasteiger partial charge in [-0.15, -0.1) is 0 Å². The van der Waals surface area contributed by atoms with Crippen molar-refractivity contribution in [3.05, 3.63) is 125 Å². The summed E-state index contributed by atoms with van der Waals surface area (Å²) in [5.41, 5.74) is 3.86. The maximum atomic E-state index is 11.3. The normalized spacial score (nSPS) is 12.6. The molecule has 41 heavy (non-hydrogen) atoms. The zero-order valence-corrected chi connectivity index (χ0v) is 24.7. The van der Waals surface area contributed by atoms with E-state index in [9.17, 15) is 5.11 Å². The minimum atomic E-state index is -0.758. The average molecular weight is 575 g/mol. The van der Waals surface area contributed by atoms with E-state index in [1.54, 1.807) is 33.5 Å². The Morgan fingerprint density at radius 1 is 0.732 bits per heavy atom. The van der Waals surface area contributed by atoms with E-state index in [4.69, 9.17) is 30.5 Å². The Balaban J connectivity index is 1.63. The summed E-state index contributed by atoms with van der Waals surface area (Å²) in [6.07, 6.45) is 1.35. The van der Waals surface area contributed by atoms with Gasteiger partial charge in [-0.2, -0.15) is 0 Å². The molecule has 1 unspecified atom stereocenters. The number of hydrogen-bond donors (Lipinski definition) is 1. The van der Waals surface area contributed by atoms with Crippen LogP contribution in [-0.2, 0) is 13.2 Å². The molecule has 0 aliphatic heterocycles. The maximum Gasteiger partial charge on any atom is 0.161 e.